The maximum atomic E-state index is 13.1. The molecule has 0 aromatic heterocycles. The Hall–Kier alpha value is -1.05. The van der Waals surface area contributed by atoms with Gasteiger partial charge in [0.2, 0.25) is 0 Å². The zero-order chi connectivity index (χ0) is 17.7. The van der Waals surface area contributed by atoms with Crippen LogP contribution >= 0.6 is 35.6 Å². The van der Waals surface area contributed by atoms with Gasteiger partial charge in [0.15, 0.2) is 9.84 Å². The molecule has 9 heteroatoms. The van der Waals surface area contributed by atoms with Crippen LogP contribution in [-0.2, 0) is 16.4 Å². The molecule has 2 rings (SSSR count). The molecule has 0 aliphatic rings. The first kappa shape index (κ1) is 22.0. The number of rotatable bonds is 7. The Kier molecular flexibility index (Phi) is 8.44. The summed E-state index contributed by atoms with van der Waals surface area (Å²) < 4.78 is 42.0. The van der Waals surface area contributed by atoms with Crippen molar-refractivity contribution in [2.24, 2.45) is 0 Å². The van der Waals surface area contributed by atoms with Gasteiger partial charge in [-0.2, -0.15) is 0 Å². The summed E-state index contributed by atoms with van der Waals surface area (Å²) in [5.74, 6) is -0.169. The second-order valence-electron chi connectivity index (χ2n) is 5.12. The highest BCUT2D eigenvalue weighted by Crippen LogP contribution is 2.24. The standard InChI is InChI=1S/C16H16Cl2FNO3S.ClH/c1-24(21,22)16-5-2-12(17)8-11(16)10-20-6-7-23-15-9-13(19)3-4-14(15)18;/h2-5,8-9,20H,6-7,10H2,1H3;1H. The quantitative estimate of drug-likeness (QED) is 0.674. The Morgan fingerprint density at radius 3 is 2.56 bits per heavy atom. The van der Waals surface area contributed by atoms with Gasteiger partial charge in [-0.25, -0.2) is 12.8 Å². The van der Waals surface area contributed by atoms with Gasteiger partial charge >= 0.3 is 0 Å². The molecule has 0 saturated carbocycles. The molecular formula is C16H17Cl3FNO3S. The summed E-state index contributed by atoms with van der Waals surface area (Å²) >= 11 is 11.8. The molecule has 0 saturated heterocycles. The van der Waals surface area contributed by atoms with Gasteiger partial charge in [0.25, 0.3) is 0 Å². The van der Waals surface area contributed by atoms with E-state index >= 15 is 0 Å². The Labute approximate surface area is 162 Å². The van der Waals surface area contributed by atoms with Gasteiger partial charge in [-0.1, -0.05) is 23.2 Å². The highest BCUT2D eigenvalue weighted by Gasteiger charge is 2.13. The number of nitrogens with one attached hydrogen (secondary N) is 1. The molecule has 2 aromatic rings. The molecule has 2 aromatic carbocycles. The van der Waals surface area contributed by atoms with E-state index in [1.54, 1.807) is 6.07 Å². The maximum Gasteiger partial charge on any atom is 0.175 e. The van der Waals surface area contributed by atoms with Crippen molar-refractivity contribution in [1.29, 1.82) is 0 Å². The van der Waals surface area contributed by atoms with E-state index in [0.29, 0.717) is 28.7 Å². The fourth-order valence-corrected chi connectivity index (χ4v) is 3.38. The molecule has 0 amide bonds. The van der Waals surface area contributed by atoms with Crippen LogP contribution in [0.15, 0.2) is 41.3 Å². The predicted molar refractivity (Wildman–Crippen MR) is 100 cm³/mol. The van der Waals surface area contributed by atoms with Crippen molar-refractivity contribution in [3.63, 3.8) is 0 Å². The van der Waals surface area contributed by atoms with Crippen LogP contribution in [0.4, 0.5) is 4.39 Å². The summed E-state index contributed by atoms with van der Waals surface area (Å²) in [6, 6.07) is 8.51. The van der Waals surface area contributed by atoms with Crippen LogP contribution in [0.3, 0.4) is 0 Å². The van der Waals surface area contributed by atoms with Crippen LogP contribution < -0.4 is 10.1 Å². The summed E-state index contributed by atoms with van der Waals surface area (Å²) in [7, 11) is -3.34. The van der Waals surface area contributed by atoms with Crippen LogP contribution in [0.2, 0.25) is 10.0 Å². The van der Waals surface area contributed by atoms with Crippen LogP contribution in [0, 0.1) is 5.82 Å². The molecule has 0 aliphatic carbocycles. The molecule has 0 radical (unpaired) electrons. The van der Waals surface area contributed by atoms with E-state index in [4.69, 9.17) is 27.9 Å². The fourth-order valence-electron chi connectivity index (χ4n) is 2.09. The molecule has 0 heterocycles. The lowest BCUT2D eigenvalue weighted by Crippen LogP contribution is -2.21. The van der Waals surface area contributed by atoms with E-state index in [2.05, 4.69) is 5.32 Å². The molecule has 1 N–H and O–H groups in total. The zero-order valence-corrected chi connectivity index (χ0v) is 16.4. The highest BCUT2D eigenvalue weighted by molar-refractivity contribution is 7.90. The molecule has 25 heavy (non-hydrogen) atoms. The number of ether oxygens (including phenoxy) is 1. The lowest BCUT2D eigenvalue weighted by molar-refractivity contribution is 0.312. The normalized spacial score (nSPS) is 11.0. The van der Waals surface area contributed by atoms with E-state index in [1.165, 1.54) is 30.3 Å². The van der Waals surface area contributed by atoms with Gasteiger partial charge in [-0.3, -0.25) is 0 Å². The van der Waals surface area contributed by atoms with Gasteiger partial charge in [0.1, 0.15) is 18.2 Å². The van der Waals surface area contributed by atoms with Gasteiger partial charge in [0, 0.05) is 30.4 Å². The lowest BCUT2D eigenvalue weighted by atomic mass is 10.2. The van der Waals surface area contributed by atoms with Crippen molar-refractivity contribution < 1.29 is 17.5 Å². The second-order valence-corrected chi connectivity index (χ2v) is 7.95. The number of sulfone groups is 1. The monoisotopic (exact) mass is 427 g/mol. The van der Waals surface area contributed by atoms with Crippen molar-refractivity contribution in [1.82, 2.24) is 5.32 Å². The third-order valence-corrected chi connectivity index (χ3v) is 4.91. The average molecular weight is 429 g/mol. The van der Waals surface area contributed by atoms with Gasteiger partial charge in [-0.05, 0) is 35.9 Å². The molecule has 138 valence electrons. The predicted octanol–water partition coefficient (Wildman–Crippen LogP) is 4.13. The third-order valence-electron chi connectivity index (χ3n) is 3.17. The average Bonchev–Trinajstić information content (AvgIpc) is 2.49. The summed E-state index contributed by atoms with van der Waals surface area (Å²) in [6.07, 6.45) is 1.15. The van der Waals surface area contributed by atoms with Crippen molar-refractivity contribution in [3.05, 3.63) is 57.8 Å². The summed E-state index contributed by atoms with van der Waals surface area (Å²) in [5, 5.41) is 3.85. The first-order valence-corrected chi connectivity index (χ1v) is 9.69. The molecule has 0 atom stereocenters. The first-order chi connectivity index (χ1) is 11.3. The number of benzene rings is 2. The van der Waals surface area contributed by atoms with Crippen molar-refractivity contribution in [2.45, 2.75) is 11.4 Å². The minimum atomic E-state index is -3.34. The van der Waals surface area contributed by atoms with Crippen LogP contribution in [0.5, 0.6) is 5.75 Å². The van der Waals surface area contributed by atoms with E-state index in [0.717, 1.165) is 6.26 Å². The first-order valence-electron chi connectivity index (χ1n) is 7.04. The molecular weight excluding hydrogens is 412 g/mol. The minimum absolute atomic E-state index is 0. The van der Waals surface area contributed by atoms with Gasteiger partial charge < -0.3 is 10.1 Å². The molecule has 0 bridgehead atoms. The van der Waals surface area contributed by atoms with Crippen LogP contribution in [0.25, 0.3) is 0 Å². The van der Waals surface area contributed by atoms with Gasteiger partial charge in [-0.15, -0.1) is 12.4 Å². The van der Waals surface area contributed by atoms with Crippen LogP contribution in [0.1, 0.15) is 5.56 Å². The van der Waals surface area contributed by atoms with Crippen molar-refractivity contribution >= 4 is 45.4 Å². The fraction of sp³-hybridized carbons (Fsp3) is 0.250. The molecule has 4 nitrogen and oxygen atoms in total. The van der Waals surface area contributed by atoms with Crippen LogP contribution in [-0.4, -0.2) is 27.8 Å². The summed E-state index contributed by atoms with van der Waals surface area (Å²) in [5.41, 5.74) is 0.578. The van der Waals surface area contributed by atoms with E-state index in [1.807, 2.05) is 0 Å². The SMILES string of the molecule is CS(=O)(=O)c1ccc(Cl)cc1CNCCOc1cc(F)ccc1Cl.Cl. The van der Waals surface area contributed by atoms with Gasteiger partial charge in [0.05, 0.1) is 9.92 Å². The molecule has 0 spiro atoms. The summed E-state index contributed by atoms with van der Waals surface area (Å²) in [6.45, 7) is 0.976. The highest BCUT2D eigenvalue weighted by atomic mass is 35.5. The zero-order valence-electron chi connectivity index (χ0n) is 13.3. The Morgan fingerprint density at radius 2 is 1.88 bits per heavy atom. The van der Waals surface area contributed by atoms with Crippen molar-refractivity contribution in [2.75, 3.05) is 19.4 Å². The van der Waals surface area contributed by atoms with E-state index in [-0.39, 0.29) is 29.7 Å². The minimum Gasteiger partial charge on any atom is -0.491 e. The topological polar surface area (TPSA) is 55.4 Å². The van der Waals surface area contributed by atoms with Crippen molar-refractivity contribution in [3.8, 4) is 5.75 Å². The second kappa shape index (κ2) is 9.59. The number of halogens is 4. The Balaban J connectivity index is 0.00000312. The molecule has 0 fully saturated rings. The van der Waals surface area contributed by atoms with E-state index in [9.17, 15) is 12.8 Å². The Bertz CT molecular complexity index is 831. The number of hydrogen-bond acceptors (Lipinski definition) is 4. The smallest absolute Gasteiger partial charge is 0.175 e. The van der Waals surface area contributed by atoms with E-state index < -0.39 is 15.7 Å². The largest absolute Gasteiger partial charge is 0.491 e. The Morgan fingerprint density at radius 1 is 1.16 bits per heavy atom. The maximum absolute atomic E-state index is 13.1. The lowest BCUT2D eigenvalue weighted by Gasteiger charge is -2.11. The molecule has 0 aliphatic heterocycles. The molecule has 0 unspecified atom stereocenters. The number of hydrogen-bond donors (Lipinski definition) is 1. The summed E-state index contributed by atoms with van der Waals surface area (Å²) in [4.78, 5) is 0.230. The third kappa shape index (κ3) is 6.64.